The fourth-order valence-corrected chi connectivity index (χ4v) is 2.91. The number of hydrogen-bond donors (Lipinski definition) is 4. The molecule has 0 saturated heterocycles. The van der Waals surface area contributed by atoms with Gasteiger partial charge in [0.2, 0.25) is 0 Å². The Kier molecular flexibility index (Phi) is 13.8. The molecule has 0 atom stereocenters. The highest BCUT2D eigenvalue weighted by molar-refractivity contribution is 5.91. The first-order chi connectivity index (χ1) is 13.2. The van der Waals surface area contributed by atoms with Gasteiger partial charge in [-0.25, -0.2) is 19.2 Å². The third-order valence-corrected chi connectivity index (χ3v) is 4.03. The molecule has 0 bridgehead atoms. The van der Waals surface area contributed by atoms with Gasteiger partial charge in [0.05, 0.1) is 0 Å². The first-order valence-corrected chi connectivity index (χ1v) is 9.13. The van der Waals surface area contributed by atoms with Crippen LogP contribution >= 0.6 is 0 Å². The fraction of sp³-hybridized carbons (Fsp3) is 0.667. The highest BCUT2D eigenvalue weighted by atomic mass is 16.6. The molecule has 2 saturated carbocycles. The average molecular weight is 404 g/mol. The molecule has 10 nitrogen and oxygen atoms in total. The Balaban J connectivity index is 0.000000776. The summed E-state index contributed by atoms with van der Waals surface area (Å²) < 4.78 is 10.6. The summed E-state index contributed by atoms with van der Waals surface area (Å²) in [5, 5.41) is 27.9. The minimum Gasteiger partial charge on any atom is -0.459 e. The van der Waals surface area contributed by atoms with E-state index in [0.29, 0.717) is 0 Å². The molecule has 160 valence electrons. The van der Waals surface area contributed by atoms with Gasteiger partial charge in [-0.1, -0.05) is 12.8 Å². The van der Waals surface area contributed by atoms with Crippen LogP contribution in [-0.4, -0.2) is 56.9 Å². The molecule has 2 rings (SSSR count). The van der Waals surface area contributed by atoms with Gasteiger partial charge in [0, 0.05) is 12.2 Å². The van der Waals surface area contributed by atoms with Crippen LogP contribution in [0.25, 0.3) is 0 Å². The Hall–Kier alpha value is -2.78. The van der Waals surface area contributed by atoms with Crippen LogP contribution in [0, 0.1) is 0 Å². The Morgan fingerprint density at radius 3 is 1.07 bits per heavy atom. The Bertz CT molecular complexity index is 462. The van der Waals surface area contributed by atoms with Crippen LogP contribution < -0.4 is 0 Å². The summed E-state index contributed by atoms with van der Waals surface area (Å²) in [5.41, 5.74) is 0. The summed E-state index contributed by atoms with van der Waals surface area (Å²) >= 11 is 0. The quantitative estimate of drug-likeness (QED) is 0.400. The van der Waals surface area contributed by atoms with Crippen LogP contribution in [0.5, 0.6) is 0 Å². The zero-order valence-electron chi connectivity index (χ0n) is 15.6. The van der Waals surface area contributed by atoms with Gasteiger partial charge in [0.15, 0.2) is 0 Å². The summed E-state index contributed by atoms with van der Waals surface area (Å²) in [6.45, 7) is 0. The van der Waals surface area contributed by atoms with E-state index in [0.717, 1.165) is 51.4 Å². The number of rotatable bonds is 4. The topological polar surface area (TPSA) is 168 Å². The highest BCUT2D eigenvalue weighted by Crippen LogP contribution is 2.21. The highest BCUT2D eigenvalue weighted by Gasteiger charge is 2.18. The van der Waals surface area contributed by atoms with Gasteiger partial charge in [-0.3, -0.25) is 0 Å². The molecule has 0 radical (unpaired) electrons. The van der Waals surface area contributed by atoms with Crippen molar-refractivity contribution >= 4 is 24.2 Å². The number of carboxylic acid groups (broad SMARTS) is 4. The second kappa shape index (κ2) is 15.3. The van der Waals surface area contributed by atoms with E-state index < -0.39 is 24.2 Å². The second-order valence-corrected chi connectivity index (χ2v) is 6.29. The number of hydrogen-bond acceptors (Lipinski definition) is 6. The molecule has 0 spiro atoms. The van der Waals surface area contributed by atoms with Gasteiger partial charge in [0.1, 0.15) is 12.2 Å². The summed E-state index contributed by atoms with van der Waals surface area (Å²) in [5.74, 6) is -0.866. The van der Waals surface area contributed by atoms with Crippen molar-refractivity contribution < 1.29 is 49.1 Å². The molecule has 2 aliphatic carbocycles. The van der Waals surface area contributed by atoms with Crippen molar-refractivity contribution in [3.63, 3.8) is 0 Å². The van der Waals surface area contributed by atoms with Gasteiger partial charge < -0.3 is 29.9 Å². The van der Waals surface area contributed by atoms with Crippen LogP contribution in [-0.2, 0) is 19.1 Å². The normalized spacial score (nSPS) is 17.3. The number of carbonyl (C=O) groups excluding carboxylic acids is 2. The van der Waals surface area contributed by atoms with Gasteiger partial charge in [-0.2, -0.15) is 0 Å². The van der Waals surface area contributed by atoms with E-state index in [1.807, 2.05) is 0 Å². The predicted octanol–water partition coefficient (Wildman–Crippen LogP) is 3.74. The predicted molar refractivity (Wildman–Crippen MR) is 96.4 cm³/mol. The average Bonchev–Trinajstić information content (AvgIpc) is 2.61. The van der Waals surface area contributed by atoms with Crippen LogP contribution in [0.15, 0.2) is 12.2 Å². The van der Waals surface area contributed by atoms with Crippen LogP contribution in [0.2, 0.25) is 0 Å². The maximum atomic E-state index is 11.6. The van der Waals surface area contributed by atoms with Crippen molar-refractivity contribution in [2.75, 3.05) is 0 Å². The van der Waals surface area contributed by atoms with E-state index in [9.17, 15) is 9.59 Å². The van der Waals surface area contributed by atoms with E-state index in [4.69, 9.17) is 39.5 Å². The summed E-state index contributed by atoms with van der Waals surface area (Å²) in [4.78, 5) is 40.3. The Morgan fingerprint density at radius 1 is 0.571 bits per heavy atom. The van der Waals surface area contributed by atoms with Crippen molar-refractivity contribution in [1.82, 2.24) is 0 Å². The molecule has 0 heterocycles. The van der Waals surface area contributed by atoms with Crippen molar-refractivity contribution in [3.8, 4) is 0 Å². The first kappa shape index (κ1) is 25.2. The zero-order valence-corrected chi connectivity index (χ0v) is 15.6. The third kappa shape index (κ3) is 16.7. The van der Waals surface area contributed by atoms with Crippen LogP contribution in [0.1, 0.15) is 64.2 Å². The fourth-order valence-electron chi connectivity index (χ4n) is 2.91. The van der Waals surface area contributed by atoms with Gasteiger partial charge in [0.25, 0.3) is 0 Å². The minimum absolute atomic E-state index is 0.0234. The molecule has 0 amide bonds. The van der Waals surface area contributed by atoms with Crippen molar-refractivity contribution in [1.29, 1.82) is 0 Å². The summed E-state index contributed by atoms with van der Waals surface area (Å²) in [6, 6.07) is 0. The molecule has 0 aromatic rings. The molecule has 2 aliphatic rings. The molecule has 2 fully saturated rings. The van der Waals surface area contributed by atoms with E-state index in [2.05, 4.69) is 0 Å². The molecule has 0 aromatic carbocycles. The largest absolute Gasteiger partial charge is 0.503 e. The molecule has 0 aliphatic heterocycles. The smallest absolute Gasteiger partial charge is 0.459 e. The van der Waals surface area contributed by atoms with Crippen molar-refractivity contribution in [2.45, 2.75) is 76.4 Å². The lowest BCUT2D eigenvalue weighted by Gasteiger charge is -2.21. The van der Waals surface area contributed by atoms with Crippen molar-refractivity contribution in [3.05, 3.63) is 12.2 Å². The number of ether oxygens (including phenoxy) is 2. The molecule has 4 N–H and O–H groups in total. The molecule has 0 aromatic heterocycles. The standard InChI is InChI=1S/C16H24O4.2CH2O3/c17-15(19-13-7-3-1-4-8-13)11-12-16(18)20-14-9-5-2-6-10-14;2*2-1(3)4/h11-14H,1-10H2;2*(H2,2,3,4)/b12-11-;;. The third-order valence-electron chi connectivity index (χ3n) is 4.03. The number of esters is 2. The summed E-state index contributed by atoms with van der Waals surface area (Å²) in [6.07, 6.45) is 9.42. The van der Waals surface area contributed by atoms with Crippen LogP contribution in [0.3, 0.4) is 0 Å². The molecule has 0 unspecified atom stereocenters. The monoisotopic (exact) mass is 404 g/mol. The summed E-state index contributed by atoms with van der Waals surface area (Å²) in [7, 11) is 0. The second-order valence-electron chi connectivity index (χ2n) is 6.29. The molecule has 28 heavy (non-hydrogen) atoms. The van der Waals surface area contributed by atoms with E-state index in [1.54, 1.807) is 0 Å². The Labute approximate surface area is 162 Å². The van der Waals surface area contributed by atoms with E-state index in [-0.39, 0.29) is 12.2 Å². The van der Waals surface area contributed by atoms with Gasteiger partial charge in [-0.05, 0) is 51.4 Å². The molecule has 10 heteroatoms. The minimum atomic E-state index is -1.83. The maximum absolute atomic E-state index is 11.6. The molecular weight excluding hydrogens is 376 g/mol. The van der Waals surface area contributed by atoms with Crippen molar-refractivity contribution in [2.24, 2.45) is 0 Å². The lowest BCUT2D eigenvalue weighted by molar-refractivity contribution is -0.147. The van der Waals surface area contributed by atoms with Crippen LogP contribution in [0.4, 0.5) is 9.59 Å². The van der Waals surface area contributed by atoms with E-state index in [1.165, 1.54) is 25.0 Å². The molecular formula is C18H28O10. The lowest BCUT2D eigenvalue weighted by atomic mass is 9.98. The number of carbonyl (C=O) groups is 4. The zero-order chi connectivity index (χ0) is 21.4. The van der Waals surface area contributed by atoms with Gasteiger partial charge >= 0.3 is 24.2 Å². The SMILES string of the molecule is O=C(/C=C\C(=O)OC1CCCCC1)OC1CCCCC1.O=C(O)O.O=C(O)O. The van der Waals surface area contributed by atoms with E-state index >= 15 is 0 Å². The van der Waals surface area contributed by atoms with Gasteiger partial charge in [-0.15, -0.1) is 0 Å². The lowest BCUT2D eigenvalue weighted by Crippen LogP contribution is -2.21. The maximum Gasteiger partial charge on any atom is 0.503 e. The first-order valence-electron chi connectivity index (χ1n) is 9.13. The Morgan fingerprint density at radius 2 is 0.821 bits per heavy atom.